The molecule has 34 heavy (non-hydrogen) atoms. The third-order valence-electron chi connectivity index (χ3n) is 5.60. The van der Waals surface area contributed by atoms with Gasteiger partial charge in [0.25, 0.3) is 10.0 Å². The fourth-order valence-corrected chi connectivity index (χ4v) is 4.99. The lowest BCUT2D eigenvalue weighted by Gasteiger charge is -2.25. The predicted molar refractivity (Wildman–Crippen MR) is 136 cm³/mol. The summed E-state index contributed by atoms with van der Waals surface area (Å²) in [6, 6.07) is 21.1. The second kappa shape index (κ2) is 11.2. The molecule has 0 aliphatic rings. The predicted octanol–water partition coefficient (Wildman–Crippen LogP) is 5.03. The minimum atomic E-state index is -3.99. The van der Waals surface area contributed by atoms with E-state index in [1.54, 1.807) is 24.3 Å². The summed E-state index contributed by atoms with van der Waals surface area (Å²) >= 11 is 0. The van der Waals surface area contributed by atoms with Gasteiger partial charge in [-0.1, -0.05) is 48.9 Å². The first kappa shape index (κ1) is 25.3. The van der Waals surface area contributed by atoms with Crippen LogP contribution in [0.1, 0.15) is 43.5 Å². The molecule has 1 atom stereocenters. The Hall–Kier alpha value is -3.32. The largest absolute Gasteiger partial charge is 0.494 e. The van der Waals surface area contributed by atoms with Crippen molar-refractivity contribution >= 4 is 21.6 Å². The van der Waals surface area contributed by atoms with E-state index < -0.39 is 10.0 Å². The maximum absolute atomic E-state index is 13.6. The van der Waals surface area contributed by atoms with Crippen LogP contribution in [-0.2, 0) is 21.2 Å². The number of ether oxygens (including phenoxy) is 1. The number of rotatable bonds is 10. The third-order valence-corrected chi connectivity index (χ3v) is 7.39. The van der Waals surface area contributed by atoms with Crippen molar-refractivity contribution in [1.82, 2.24) is 5.32 Å². The van der Waals surface area contributed by atoms with E-state index in [0.717, 1.165) is 21.9 Å². The molecule has 1 amide bonds. The molecule has 0 saturated carbocycles. The first-order chi connectivity index (χ1) is 16.2. The van der Waals surface area contributed by atoms with Crippen LogP contribution in [0, 0.1) is 6.92 Å². The molecule has 0 saturated heterocycles. The molecule has 3 aromatic carbocycles. The number of carbonyl (C=O) groups excluding carboxylic acids is 1. The van der Waals surface area contributed by atoms with E-state index in [2.05, 4.69) is 12.2 Å². The van der Waals surface area contributed by atoms with Crippen LogP contribution in [0.3, 0.4) is 0 Å². The average Bonchev–Trinajstić information content (AvgIpc) is 2.83. The van der Waals surface area contributed by atoms with Crippen molar-refractivity contribution < 1.29 is 17.9 Å². The van der Waals surface area contributed by atoms with E-state index in [1.165, 1.54) is 17.7 Å². The number of amides is 1. The molecule has 1 unspecified atom stereocenters. The van der Waals surface area contributed by atoms with Crippen molar-refractivity contribution in [2.45, 2.75) is 45.1 Å². The molecule has 1 N–H and O–H groups in total. The highest BCUT2D eigenvalue weighted by Crippen LogP contribution is 2.26. The van der Waals surface area contributed by atoms with Crippen molar-refractivity contribution in [1.29, 1.82) is 0 Å². The molecule has 0 radical (unpaired) electrons. The van der Waals surface area contributed by atoms with E-state index in [1.807, 2.05) is 57.2 Å². The summed E-state index contributed by atoms with van der Waals surface area (Å²) in [4.78, 5) is 13.1. The fourth-order valence-electron chi connectivity index (χ4n) is 3.57. The van der Waals surface area contributed by atoms with Crippen molar-refractivity contribution in [2.75, 3.05) is 17.5 Å². The quantitative estimate of drug-likeness (QED) is 0.442. The summed E-state index contributed by atoms with van der Waals surface area (Å²) in [7, 11) is -3.99. The zero-order valence-electron chi connectivity index (χ0n) is 20.1. The van der Waals surface area contributed by atoms with Crippen molar-refractivity contribution in [3.63, 3.8) is 0 Å². The Morgan fingerprint density at radius 2 is 1.56 bits per heavy atom. The molecular weight excluding hydrogens is 448 g/mol. The maximum atomic E-state index is 13.6. The maximum Gasteiger partial charge on any atom is 0.264 e. The Bertz CT molecular complexity index is 1190. The van der Waals surface area contributed by atoms with Crippen LogP contribution in [0.2, 0.25) is 0 Å². The normalized spacial score (nSPS) is 12.1. The second-order valence-electron chi connectivity index (χ2n) is 8.14. The van der Waals surface area contributed by atoms with Gasteiger partial charge in [0.1, 0.15) is 12.3 Å². The molecule has 0 aromatic heterocycles. The summed E-state index contributed by atoms with van der Waals surface area (Å²) in [5.74, 6) is 0.200. The lowest BCUT2D eigenvalue weighted by molar-refractivity contribution is -0.120. The lowest BCUT2D eigenvalue weighted by atomic mass is 10.1. The third kappa shape index (κ3) is 6.17. The number of hydrogen-bond acceptors (Lipinski definition) is 4. The summed E-state index contributed by atoms with van der Waals surface area (Å²) in [6.07, 6.45) is 0.940. The van der Waals surface area contributed by atoms with Crippen molar-refractivity contribution in [3.8, 4) is 5.75 Å². The summed E-state index contributed by atoms with van der Waals surface area (Å²) in [5, 5.41) is 2.93. The molecule has 6 nitrogen and oxygen atoms in total. The van der Waals surface area contributed by atoms with E-state index in [9.17, 15) is 13.2 Å². The number of hydrogen-bond donors (Lipinski definition) is 1. The molecule has 0 heterocycles. The summed E-state index contributed by atoms with van der Waals surface area (Å²) in [5.41, 5.74) is 3.60. The first-order valence-electron chi connectivity index (χ1n) is 11.4. The van der Waals surface area contributed by atoms with Gasteiger partial charge in [0, 0.05) is 0 Å². The molecule has 0 fully saturated rings. The van der Waals surface area contributed by atoms with E-state index >= 15 is 0 Å². The van der Waals surface area contributed by atoms with Crippen molar-refractivity contribution in [3.05, 3.63) is 89.5 Å². The van der Waals surface area contributed by atoms with Crippen LogP contribution < -0.4 is 14.4 Å². The van der Waals surface area contributed by atoms with Crippen LogP contribution in [0.25, 0.3) is 0 Å². The molecule has 0 aliphatic carbocycles. The van der Waals surface area contributed by atoms with E-state index in [0.29, 0.717) is 18.0 Å². The Balaban J connectivity index is 1.85. The van der Waals surface area contributed by atoms with Gasteiger partial charge in [-0.2, -0.15) is 0 Å². The highest BCUT2D eigenvalue weighted by atomic mass is 32.2. The van der Waals surface area contributed by atoms with Gasteiger partial charge >= 0.3 is 0 Å². The molecule has 3 rings (SSSR count). The molecule has 0 bridgehead atoms. The lowest BCUT2D eigenvalue weighted by Crippen LogP contribution is -2.41. The van der Waals surface area contributed by atoms with E-state index in [4.69, 9.17) is 4.74 Å². The molecule has 0 spiro atoms. The zero-order valence-corrected chi connectivity index (χ0v) is 20.9. The number of carbonyl (C=O) groups is 1. The van der Waals surface area contributed by atoms with Crippen molar-refractivity contribution in [2.24, 2.45) is 0 Å². The van der Waals surface area contributed by atoms with Gasteiger partial charge in [0.05, 0.1) is 23.2 Å². The molecular formula is C27H32N2O4S. The van der Waals surface area contributed by atoms with Gasteiger partial charge in [-0.3, -0.25) is 9.10 Å². The first-order valence-corrected chi connectivity index (χ1v) is 12.9. The van der Waals surface area contributed by atoms with Gasteiger partial charge in [0.15, 0.2) is 0 Å². The minimum Gasteiger partial charge on any atom is -0.494 e. The molecule has 0 aliphatic heterocycles. The Morgan fingerprint density at radius 3 is 2.12 bits per heavy atom. The summed E-state index contributed by atoms with van der Waals surface area (Å²) in [6.45, 7) is 7.91. The van der Waals surface area contributed by atoms with Crippen LogP contribution in [-0.4, -0.2) is 27.5 Å². The highest BCUT2D eigenvalue weighted by Gasteiger charge is 2.28. The van der Waals surface area contributed by atoms with Gasteiger partial charge in [0.2, 0.25) is 5.91 Å². The standard InChI is InChI=1S/C27H32N2O4S/c1-5-22-9-11-23(12-10-22)21(4)28-27(30)19-29(24-13-7-20(3)8-14-24)34(31,32)26-17-15-25(16-18-26)33-6-2/h7-18,21H,5-6,19H2,1-4H3,(H,28,30). The highest BCUT2D eigenvalue weighted by molar-refractivity contribution is 7.92. The Morgan fingerprint density at radius 1 is 0.941 bits per heavy atom. The Labute approximate surface area is 202 Å². The molecule has 7 heteroatoms. The number of anilines is 1. The van der Waals surface area contributed by atoms with E-state index in [-0.39, 0.29) is 23.4 Å². The topological polar surface area (TPSA) is 75.7 Å². The minimum absolute atomic E-state index is 0.0903. The SMILES string of the molecule is CCOc1ccc(S(=O)(=O)N(CC(=O)NC(C)c2ccc(CC)cc2)c2ccc(C)cc2)cc1. The number of nitrogens with one attached hydrogen (secondary N) is 1. The average molecular weight is 481 g/mol. The second-order valence-corrected chi connectivity index (χ2v) is 10.00. The fraction of sp³-hybridized carbons (Fsp3) is 0.296. The summed E-state index contributed by atoms with van der Waals surface area (Å²) < 4.78 is 33.7. The van der Waals surface area contributed by atoms with Gasteiger partial charge in [-0.15, -0.1) is 0 Å². The number of sulfonamides is 1. The van der Waals surface area contributed by atoms with Gasteiger partial charge in [-0.05, 0) is 74.7 Å². The number of nitrogens with zero attached hydrogens (tertiary/aromatic N) is 1. The van der Waals surface area contributed by atoms with Gasteiger partial charge < -0.3 is 10.1 Å². The number of benzene rings is 3. The van der Waals surface area contributed by atoms with Crippen LogP contribution in [0.15, 0.2) is 77.7 Å². The van der Waals surface area contributed by atoms with Crippen LogP contribution in [0.5, 0.6) is 5.75 Å². The number of aryl methyl sites for hydroxylation is 2. The monoisotopic (exact) mass is 480 g/mol. The van der Waals surface area contributed by atoms with Gasteiger partial charge in [-0.25, -0.2) is 8.42 Å². The van der Waals surface area contributed by atoms with Crippen LogP contribution >= 0.6 is 0 Å². The Kier molecular flexibility index (Phi) is 8.34. The van der Waals surface area contributed by atoms with Crippen LogP contribution in [0.4, 0.5) is 5.69 Å². The smallest absolute Gasteiger partial charge is 0.264 e. The molecule has 3 aromatic rings. The zero-order chi connectivity index (χ0) is 24.7. The molecule has 180 valence electrons.